The van der Waals surface area contributed by atoms with Crippen molar-refractivity contribution in [2.75, 3.05) is 0 Å². The fraction of sp³-hybridized carbons (Fsp3) is 0.105. The van der Waals surface area contributed by atoms with Gasteiger partial charge in [-0.2, -0.15) is 5.10 Å². The molecule has 0 aliphatic heterocycles. The van der Waals surface area contributed by atoms with Gasteiger partial charge < -0.3 is 4.74 Å². The highest BCUT2D eigenvalue weighted by Crippen LogP contribution is 2.25. The van der Waals surface area contributed by atoms with E-state index in [9.17, 15) is 4.79 Å². The normalized spacial score (nSPS) is 10.9. The standard InChI is InChI=1S/C19H16N4O2/c1-22-18-16(11-21-22)19(24)23(13-20-18)12-14-7-5-6-10-17(14)25-15-8-3-2-4-9-15/h2-11,13H,12H2,1H3. The van der Waals surface area contributed by atoms with Crippen molar-refractivity contribution in [3.8, 4) is 11.5 Å². The Morgan fingerprint density at radius 3 is 2.64 bits per heavy atom. The highest BCUT2D eigenvalue weighted by atomic mass is 16.5. The van der Waals surface area contributed by atoms with Crippen LogP contribution in [-0.2, 0) is 13.6 Å². The van der Waals surface area contributed by atoms with E-state index in [-0.39, 0.29) is 5.56 Å². The molecule has 2 aromatic carbocycles. The molecule has 6 nitrogen and oxygen atoms in total. The van der Waals surface area contributed by atoms with Crippen LogP contribution in [0.5, 0.6) is 11.5 Å². The number of aryl methyl sites for hydroxylation is 1. The molecule has 4 aromatic rings. The Morgan fingerprint density at radius 2 is 1.80 bits per heavy atom. The molecule has 0 unspecified atom stereocenters. The molecule has 124 valence electrons. The summed E-state index contributed by atoms with van der Waals surface area (Å²) in [5.41, 5.74) is 1.36. The van der Waals surface area contributed by atoms with E-state index in [1.807, 2.05) is 54.6 Å². The van der Waals surface area contributed by atoms with E-state index in [0.717, 1.165) is 11.3 Å². The average Bonchev–Trinajstić information content (AvgIpc) is 3.02. The molecule has 2 aromatic heterocycles. The average molecular weight is 332 g/mol. The second-order valence-electron chi connectivity index (χ2n) is 5.71. The zero-order valence-electron chi connectivity index (χ0n) is 13.7. The first-order chi connectivity index (χ1) is 12.2. The van der Waals surface area contributed by atoms with Crippen LogP contribution in [-0.4, -0.2) is 19.3 Å². The lowest BCUT2D eigenvalue weighted by molar-refractivity contribution is 0.473. The smallest absolute Gasteiger partial charge is 0.264 e. The Kier molecular flexibility index (Phi) is 3.78. The van der Waals surface area contributed by atoms with Gasteiger partial charge in [0.15, 0.2) is 5.65 Å². The third-order valence-corrected chi connectivity index (χ3v) is 4.00. The van der Waals surface area contributed by atoms with E-state index in [2.05, 4.69) is 10.1 Å². The van der Waals surface area contributed by atoms with Crippen LogP contribution >= 0.6 is 0 Å². The van der Waals surface area contributed by atoms with Crippen molar-refractivity contribution >= 4 is 11.0 Å². The van der Waals surface area contributed by atoms with Crippen molar-refractivity contribution in [2.45, 2.75) is 6.54 Å². The third-order valence-electron chi connectivity index (χ3n) is 4.00. The number of rotatable bonds is 4. The molecule has 0 saturated heterocycles. The molecule has 0 fully saturated rings. The summed E-state index contributed by atoms with van der Waals surface area (Å²) in [7, 11) is 1.77. The van der Waals surface area contributed by atoms with Crippen molar-refractivity contribution in [1.29, 1.82) is 0 Å². The van der Waals surface area contributed by atoms with Crippen LogP contribution in [0.2, 0.25) is 0 Å². The molecule has 0 saturated carbocycles. The third kappa shape index (κ3) is 2.89. The monoisotopic (exact) mass is 332 g/mol. The summed E-state index contributed by atoms with van der Waals surface area (Å²) in [6, 6.07) is 17.2. The minimum Gasteiger partial charge on any atom is -0.457 e. The maximum absolute atomic E-state index is 12.6. The summed E-state index contributed by atoms with van der Waals surface area (Å²) < 4.78 is 9.12. The molecule has 6 heteroatoms. The second kappa shape index (κ2) is 6.24. The van der Waals surface area contributed by atoms with E-state index in [1.54, 1.807) is 28.8 Å². The Balaban J connectivity index is 1.70. The number of hydrogen-bond donors (Lipinski definition) is 0. The summed E-state index contributed by atoms with van der Waals surface area (Å²) in [4.78, 5) is 17.0. The lowest BCUT2D eigenvalue weighted by Gasteiger charge is -2.12. The van der Waals surface area contributed by atoms with Crippen LogP contribution in [0.4, 0.5) is 0 Å². The SMILES string of the molecule is Cn1ncc2c(=O)n(Cc3ccccc3Oc3ccccc3)cnc21. The number of fused-ring (bicyclic) bond motifs is 1. The molecule has 25 heavy (non-hydrogen) atoms. The van der Waals surface area contributed by atoms with E-state index in [1.165, 1.54) is 0 Å². The molecule has 0 aliphatic carbocycles. The van der Waals surface area contributed by atoms with Gasteiger partial charge in [0.1, 0.15) is 23.2 Å². The van der Waals surface area contributed by atoms with E-state index in [4.69, 9.17) is 4.74 Å². The molecule has 0 radical (unpaired) electrons. The van der Waals surface area contributed by atoms with Gasteiger partial charge in [-0.15, -0.1) is 0 Å². The van der Waals surface area contributed by atoms with E-state index < -0.39 is 0 Å². The Morgan fingerprint density at radius 1 is 1.04 bits per heavy atom. The number of aromatic nitrogens is 4. The number of nitrogens with zero attached hydrogens (tertiary/aromatic N) is 4. The van der Waals surface area contributed by atoms with Gasteiger partial charge in [-0.25, -0.2) is 4.98 Å². The van der Waals surface area contributed by atoms with Crippen LogP contribution in [0.1, 0.15) is 5.56 Å². The minimum atomic E-state index is -0.118. The Labute approximate surface area is 143 Å². The first-order valence-corrected chi connectivity index (χ1v) is 7.90. The molecule has 0 N–H and O–H groups in total. The van der Waals surface area contributed by atoms with Crippen molar-refractivity contribution in [1.82, 2.24) is 19.3 Å². The van der Waals surface area contributed by atoms with Crippen molar-refractivity contribution in [3.63, 3.8) is 0 Å². The van der Waals surface area contributed by atoms with Gasteiger partial charge in [0, 0.05) is 12.6 Å². The van der Waals surface area contributed by atoms with Crippen molar-refractivity contribution in [3.05, 3.63) is 83.0 Å². The maximum Gasteiger partial charge on any atom is 0.264 e. The quantitative estimate of drug-likeness (QED) is 0.576. The van der Waals surface area contributed by atoms with Gasteiger partial charge in [-0.1, -0.05) is 36.4 Å². The topological polar surface area (TPSA) is 61.9 Å². The molecule has 4 rings (SSSR count). The number of ether oxygens (including phenoxy) is 1. The summed E-state index contributed by atoms with van der Waals surface area (Å²) >= 11 is 0. The predicted octanol–water partition coefficient (Wildman–Crippen LogP) is 2.97. The number of hydrogen-bond acceptors (Lipinski definition) is 4. The molecule has 2 heterocycles. The number of para-hydroxylation sites is 2. The molecule has 0 bridgehead atoms. The van der Waals surface area contributed by atoms with Gasteiger partial charge in [-0.3, -0.25) is 14.0 Å². The van der Waals surface area contributed by atoms with Crippen LogP contribution in [0, 0.1) is 0 Å². The summed E-state index contributed by atoms with van der Waals surface area (Å²) in [5, 5.41) is 4.60. The second-order valence-corrected chi connectivity index (χ2v) is 5.71. The fourth-order valence-corrected chi connectivity index (χ4v) is 2.71. The lowest BCUT2D eigenvalue weighted by atomic mass is 10.2. The van der Waals surface area contributed by atoms with Crippen LogP contribution < -0.4 is 10.3 Å². The highest BCUT2D eigenvalue weighted by Gasteiger charge is 2.11. The lowest BCUT2D eigenvalue weighted by Crippen LogP contribution is -2.21. The van der Waals surface area contributed by atoms with Crippen LogP contribution in [0.3, 0.4) is 0 Å². The number of benzene rings is 2. The van der Waals surface area contributed by atoms with Crippen LogP contribution in [0.25, 0.3) is 11.0 Å². The first kappa shape index (κ1) is 15.1. The Hall–Kier alpha value is -3.41. The molecular formula is C19H16N4O2. The molecular weight excluding hydrogens is 316 g/mol. The highest BCUT2D eigenvalue weighted by molar-refractivity contribution is 5.72. The molecule has 0 spiro atoms. The molecule has 0 aliphatic rings. The molecule has 0 amide bonds. The Bertz CT molecular complexity index is 1080. The summed E-state index contributed by atoms with van der Waals surface area (Å²) in [5.74, 6) is 1.47. The largest absolute Gasteiger partial charge is 0.457 e. The fourth-order valence-electron chi connectivity index (χ4n) is 2.71. The molecule has 0 atom stereocenters. The summed E-state index contributed by atoms with van der Waals surface area (Å²) in [6.45, 7) is 0.375. The zero-order valence-corrected chi connectivity index (χ0v) is 13.7. The van der Waals surface area contributed by atoms with E-state index >= 15 is 0 Å². The summed E-state index contributed by atoms with van der Waals surface area (Å²) in [6.07, 6.45) is 3.10. The minimum absolute atomic E-state index is 0.118. The first-order valence-electron chi connectivity index (χ1n) is 7.90. The van der Waals surface area contributed by atoms with Gasteiger partial charge in [0.05, 0.1) is 12.7 Å². The van der Waals surface area contributed by atoms with Gasteiger partial charge in [0.25, 0.3) is 5.56 Å². The van der Waals surface area contributed by atoms with Gasteiger partial charge in [-0.05, 0) is 18.2 Å². The zero-order chi connectivity index (χ0) is 17.2. The predicted molar refractivity (Wildman–Crippen MR) is 94.8 cm³/mol. The van der Waals surface area contributed by atoms with Crippen molar-refractivity contribution in [2.24, 2.45) is 7.05 Å². The van der Waals surface area contributed by atoms with Gasteiger partial charge >= 0.3 is 0 Å². The van der Waals surface area contributed by atoms with Gasteiger partial charge in [0.2, 0.25) is 0 Å². The van der Waals surface area contributed by atoms with Crippen molar-refractivity contribution < 1.29 is 4.74 Å². The maximum atomic E-state index is 12.6. The van der Waals surface area contributed by atoms with E-state index in [0.29, 0.717) is 23.3 Å². The van der Waals surface area contributed by atoms with Crippen LogP contribution in [0.15, 0.2) is 71.9 Å².